The average Bonchev–Trinajstić information content (AvgIpc) is 2.45. The van der Waals surface area contributed by atoms with Gasteiger partial charge < -0.3 is 14.9 Å². The third-order valence-corrected chi connectivity index (χ3v) is 3.03. The molecule has 108 valence electrons. The van der Waals surface area contributed by atoms with Crippen LogP contribution in [0, 0.1) is 6.92 Å². The van der Waals surface area contributed by atoms with E-state index in [1.165, 1.54) is 12.1 Å². The van der Waals surface area contributed by atoms with E-state index in [1.54, 1.807) is 31.4 Å². The number of aliphatic carboxylic acids is 1. The molecule has 0 saturated heterocycles. The van der Waals surface area contributed by atoms with E-state index in [2.05, 4.69) is 0 Å². The van der Waals surface area contributed by atoms with Gasteiger partial charge >= 0.3 is 5.97 Å². The van der Waals surface area contributed by atoms with Crippen LogP contribution in [0.4, 0.5) is 0 Å². The molecule has 2 aromatic carbocycles. The Bertz CT molecular complexity index is 684. The van der Waals surface area contributed by atoms with E-state index in [4.69, 9.17) is 4.74 Å². The van der Waals surface area contributed by atoms with Crippen LogP contribution in [0.1, 0.15) is 16.7 Å². The number of ether oxygens (including phenoxy) is 1. The van der Waals surface area contributed by atoms with Crippen LogP contribution in [-0.2, 0) is 4.79 Å². The third kappa shape index (κ3) is 3.63. The summed E-state index contributed by atoms with van der Waals surface area (Å²) in [5.74, 6) is -0.251. The van der Waals surface area contributed by atoms with Crippen LogP contribution in [0.2, 0.25) is 0 Å². The number of aryl methyl sites for hydroxylation is 1. The highest BCUT2D eigenvalue weighted by Crippen LogP contribution is 2.24. The van der Waals surface area contributed by atoms with Crippen molar-refractivity contribution in [3.8, 4) is 11.5 Å². The van der Waals surface area contributed by atoms with Gasteiger partial charge in [-0.2, -0.15) is 0 Å². The molecule has 2 N–H and O–H groups in total. The number of hydrogen-bond acceptors (Lipinski definition) is 3. The van der Waals surface area contributed by atoms with Gasteiger partial charge in [-0.1, -0.05) is 18.2 Å². The van der Waals surface area contributed by atoms with Crippen molar-refractivity contribution in [2.24, 2.45) is 0 Å². The first-order valence-corrected chi connectivity index (χ1v) is 6.39. The van der Waals surface area contributed by atoms with Gasteiger partial charge in [0, 0.05) is 0 Å². The Morgan fingerprint density at radius 2 is 1.81 bits per heavy atom. The van der Waals surface area contributed by atoms with Crippen molar-refractivity contribution in [3.63, 3.8) is 0 Å². The van der Waals surface area contributed by atoms with Crippen molar-refractivity contribution in [2.45, 2.75) is 6.92 Å². The first-order valence-electron chi connectivity index (χ1n) is 6.39. The van der Waals surface area contributed by atoms with Crippen LogP contribution < -0.4 is 4.74 Å². The quantitative estimate of drug-likeness (QED) is 0.667. The maximum Gasteiger partial charge on any atom is 0.336 e. The van der Waals surface area contributed by atoms with Crippen molar-refractivity contribution < 1.29 is 19.7 Å². The molecule has 0 unspecified atom stereocenters. The number of aromatic hydroxyl groups is 1. The van der Waals surface area contributed by atoms with E-state index in [-0.39, 0.29) is 11.3 Å². The van der Waals surface area contributed by atoms with Gasteiger partial charge in [0.05, 0.1) is 12.7 Å². The molecule has 0 bridgehead atoms. The van der Waals surface area contributed by atoms with Crippen LogP contribution >= 0.6 is 0 Å². The Balaban J connectivity index is 2.49. The number of carbonyl (C=O) groups is 1. The predicted octanol–water partition coefficient (Wildman–Crippen LogP) is 3.33. The van der Waals surface area contributed by atoms with Crippen molar-refractivity contribution in [2.75, 3.05) is 7.11 Å². The van der Waals surface area contributed by atoms with E-state index in [0.29, 0.717) is 11.3 Å². The molecule has 4 nitrogen and oxygen atoms in total. The lowest BCUT2D eigenvalue weighted by Crippen LogP contribution is -1.99. The summed E-state index contributed by atoms with van der Waals surface area (Å²) >= 11 is 0. The lowest BCUT2D eigenvalue weighted by Gasteiger charge is -2.06. The molecule has 0 aliphatic heterocycles. The van der Waals surface area contributed by atoms with Crippen LogP contribution in [0.3, 0.4) is 0 Å². The minimum Gasteiger partial charge on any atom is -0.508 e. The van der Waals surface area contributed by atoms with Crippen molar-refractivity contribution >= 4 is 17.6 Å². The van der Waals surface area contributed by atoms with Gasteiger partial charge in [-0.05, 0) is 54.0 Å². The molecule has 0 aliphatic carbocycles. The van der Waals surface area contributed by atoms with Crippen LogP contribution in [0.15, 0.2) is 42.5 Å². The van der Waals surface area contributed by atoms with E-state index < -0.39 is 5.97 Å². The number of benzene rings is 2. The minimum absolute atomic E-state index is 0.0979. The average molecular weight is 284 g/mol. The molecule has 0 atom stereocenters. The molecule has 4 heteroatoms. The van der Waals surface area contributed by atoms with E-state index in [9.17, 15) is 15.0 Å². The lowest BCUT2D eigenvalue weighted by molar-refractivity contribution is -0.130. The van der Waals surface area contributed by atoms with E-state index in [0.717, 1.165) is 11.1 Å². The fourth-order valence-electron chi connectivity index (χ4n) is 2.05. The highest BCUT2D eigenvalue weighted by Gasteiger charge is 2.11. The van der Waals surface area contributed by atoms with Gasteiger partial charge in [-0.3, -0.25) is 0 Å². The van der Waals surface area contributed by atoms with Crippen LogP contribution in [0.25, 0.3) is 11.6 Å². The Kier molecular flexibility index (Phi) is 4.28. The summed E-state index contributed by atoms with van der Waals surface area (Å²) in [5, 5.41) is 18.7. The molecular formula is C17H16O4. The van der Waals surface area contributed by atoms with Gasteiger partial charge in [0.1, 0.15) is 11.5 Å². The summed E-state index contributed by atoms with van der Waals surface area (Å²) in [5.41, 5.74) is 2.41. The van der Waals surface area contributed by atoms with E-state index >= 15 is 0 Å². The summed E-state index contributed by atoms with van der Waals surface area (Å²) in [7, 11) is 1.57. The molecule has 2 rings (SSSR count). The SMILES string of the molecule is COc1cc(C)cc(/C=C(/C(=O)O)c2ccc(O)cc2)c1. The second kappa shape index (κ2) is 6.13. The molecule has 0 spiro atoms. The number of phenolic OH excluding ortho intramolecular Hbond substituents is 1. The topological polar surface area (TPSA) is 66.8 Å². The number of rotatable bonds is 4. The molecular weight excluding hydrogens is 268 g/mol. The zero-order valence-corrected chi connectivity index (χ0v) is 11.8. The molecule has 0 amide bonds. The summed E-state index contributed by atoms with van der Waals surface area (Å²) in [6.07, 6.45) is 1.59. The van der Waals surface area contributed by atoms with Gasteiger partial charge in [0.25, 0.3) is 0 Å². The lowest BCUT2D eigenvalue weighted by atomic mass is 10.0. The highest BCUT2D eigenvalue weighted by atomic mass is 16.5. The minimum atomic E-state index is -1.03. The number of carboxylic acids is 1. The van der Waals surface area contributed by atoms with Gasteiger partial charge in [0.15, 0.2) is 0 Å². The van der Waals surface area contributed by atoms with Crippen molar-refractivity contribution in [3.05, 3.63) is 59.2 Å². The Labute approximate surface area is 122 Å². The summed E-state index contributed by atoms with van der Waals surface area (Å²) in [6.45, 7) is 1.92. The van der Waals surface area contributed by atoms with Crippen molar-refractivity contribution in [1.82, 2.24) is 0 Å². The first kappa shape index (κ1) is 14.7. The molecule has 2 aromatic rings. The Hall–Kier alpha value is -2.75. The second-order valence-corrected chi connectivity index (χ2v) is 4.69. The molecule has 0 aromatic heterocycles. The van der Waals surface area contributed by atoms with E-state index in [1.807, 2.05) is 19.1 Å². The van der Waals surface area contributed by atoms with Crippen LogP contribution in [-0.4, -0.2) is 23.3 Å². The Morgan fingerprint density at radius 3 is 2.38 bits per heavy atom. The standard InChI is InChI=1S/C17H16O4/c1-11-7-12(9-15(8-11)21-2)10-16(17(19)20)13-3-5-14(18)6-4-13/h3-10,18H,1-2H3,(H,19,20)/b16-10+. The zero-order valence-electron chi connectivity index (χ0n) is 11.8. The summed E-state index contributed by atoms with van der Waals surface area (Å²) in [6, 6.07) is 11.6. The predicted molar refractivity (Wildman–Crippen MR) is 81.3 cm³/mol. The maximum absolute atomic E-state index is 11.5. The maximum atomic E-state index is 11.5. The fourth-order valence-corrected chi connectivity index (χ4v) is 2.05. The highest BCUT2D eigenvalue weighted by molar-refractivity contribution is 6.20. The molecule has 21 heavy (non-hydrogen) atoms. The number of methoxy groups -OCH3 is 1. The smallest absolute Gasteiger partial charge is 0.336 e. The van der Waals surface area contributed by atoms with Gasteiger partial charge in [-0.15, -0.1) is 0 Å². The molecule has 0 heterocycles. The number of carboxylic acid groups (broad SMARTS) is 1. The molecule has 0 fully saturated rings. The van der Waals surface area contributed by atoms with Gasteiger partial charge in [0.2, 0.25) is 0 Å². The first-order chi connectivity index (χ1) is 9.99. The summed E-state index contributed by atoms with van der Waals surface area (Å²) in [4.78, 5) is 11.5. The zero-order chi connectivity index (χ0) is 15.4. The fraction of sp³-hybridized carbons (Fsp3) is 0.118. The largest absolute Gasteiger partial charge is 0.508 e. The Morgan fingerprint density at radius 1 is 1.14 bits per heavy atom. The van der Waals surface area contributed by atoms with Crippen molar-refractivity contribution in [1.29, 1.82) is 0 Å². The molecule has 0 saturated carbocycles. The normalized spacial score (nSPS) is 11.2. The summed E-state index contributed by atoms with van der Waals surface area (Å²) < 4.78 is 5.19. The van der Waals surface area contributed by atoms with Crippen LogP contribution in [0.5, 0.6) is 11.5 Å². The number of hydrogen-bond donors (Lipinski definition) is 2. The molecule has 0 radical (unpaired) electrons. The number of phenols is 1. The monoisotopic (exact) mass is 284 g/mol. The third-order valence-electron chi connectivity index (χ3n) is 3.03. The molecule has 0 aliphatic rings. The van der Waals surface area contributed by atoms with Gasteiger partial charge in [-0.25, -0.2) is 4.79 Å². The second-order valence-electron chi connectivity index (χ2n) is 4.69.